The van der Waals surface area contributed by atoms with Crippen LogP contribution >= 0.6 is 0 Å². The number of aryl methyl sites for hydroxylation is 2. The molecule has 0 saturated heterocycles. The van der Waals surface area contributed by atoms with Crippen molar-refractivity contribution in [2.75, 3.05) is 0 Å². The number of rotatable bonds is 2. The van der Waals surface area contributed by atoms with Gasteiger partial charge in [-0.3, -0.25) is 0 Å². The van der Waals surface area contributed by atoms with Crippen molar-refractivity contribution in [2.24, 2.45) is 0 Å². The van der Waals surface area contributed by atoms with Gasteiger partial charge in [-0.2, -0.15) is 0 Å². The summed E-state index contributed by atoms with van der Waals surface area (Å²) in [5.41, 5.74) is 7.00. The average molecular weight is 403 g/mol. The van der Waals surface area contributed by atoms with Crippen molar-refractivity contribution in [1.29, 1.82) is 0 Å². The summed E-state index contributed by atoms with van der Waals surface area (Å²) in [7, 11) is 0. The molecule has 5 rings (SSSR count). The maximum Gasteiger partial charge on any atom is 0.0896 e. The Morgan fingerprint density at radius 1 is 0.960 bits per heavy atom. The Morgan fingerprint density at radius 2 is 1.80 bits per heavy atom. The molecule has 1 nitrogen and oxygen atoms in total. The summed E-state index contributed by atoms with van der Waals surface area (Å²) in [6.45, 7) is 2.00. The second-order valence-electron chi connectivity index (χ2n) is 6.77. The molecule has 0 atom stereocenters. The fourth-order valence-corrected chi connectivity index (χ4v) is 4.09. The summed E-state index contributed by atoms with van der Waals surface area (Å²) in [6, 6.07) is 21.9. The predicted octanol–water partition coefficient (Wildman–Crippen LogP) is 6.28. The Labute approximate surface area is 167 Å². The first kappa shape index (κ1) is 16.7. The molecule has 0 fully saturated rings. The average Bonchev–Trinajstić information content (AvgIpc) is 3.31. The topological polar surface area (TPSA) is 13.1 Å². The Morgan fingerprint density at radius 3 is 2.56 bits per heavy atom. The first-order valence-corrected chi connectivity index (χ1v) is 8.67. The molecule has 3 aromatic carbocycles. The largest absolute Gasteiger partial charge is 0.496 e. The normalized spacial score (nSPS) is 13.0. The minimum atomic E-state index is 0. The van der Waals surface area contributed by atoms with E-state index in [1.807, 2.05) is 13.0 Å². The Kier molecular flexibility index (Phi) is 4.33. The van der Waals surface area contributed by atoms with E-state index in [1.165, 1.54) is 52.3 Å². The minimum absolute atomic E-state index is 0. The molecule has 1 aliphatic rings. The number of hydrogen-bond donors (Lipinski definition) is 0. The van der Waals surface area contributed by atoms with Gasteiger partial charge in [0.2, 0.25) is 0 Å². The molecule has 2 heteroatoms. The molecule has 4 aromatic rings. The fourth-order valence-electron chi connectivity index (χ4n) is 4.09. The van der Waals surface area contributed by atoms with E-state index >= 15 is 0 Å². The summed E-state index contributed by atoms with van der Waals surface area (Å²) in [4.78, 5) is 0. The third-order valence-electron chi connectivity index (χ3n) is 5.17. The van der Waals surface area contributed by atoms with Gasteiger partial charge in [-0.15, -0.1) is 29.0 Å². The molecule has 0 bridgehead atoms. The van der Waals surface area contributed by atoms with Crippen LogP contribution in [0.25, 0.3) is 33.2 Å². The van der Waals surface area contributed by atoms with Crippen LogP contribution in [-0.2, 0) is 39.0 Å². The van der Waals surface area contributed by atoms with E-state index in [0.29, 0.717) is 0 Å². The Balaban J connectivity index is 0.00000157. The molecular weight excluding hydrogens is 383 g/mol. The van der Waals surface area contributed by atoms with Crippen LogP contribution in [-0.4, -0.2) is 0 Å². The molecule has 0 unspecified atom stereocenters. The Hall–Kier alpha value is -1.79. The molecule has 25 heavy (non-hydrogen) atoms. The summed E-state index contributed by atoms with van der Waals surface area (Å²) in [6.07, 6.45) is 3.66. The molecule has 0 aliphatic heterocycles. The van der Waals surface area contributed by atoms with Gasteiger partial charge in [-0.25, -0.2) is 0 Å². The molecule has 0 radical (unpaired) electrons. The van der Waals surface area contributed by atoms with Crippen LogP contribution in [0, 0.1) is 6.92 Å². The van der Waals surface area contributed by atoms with Crippen molar-refractivity contribution in [1.82, 2.24) is 0 Å². The fraction of sp³-hybridized carbons (Fsp3) is 0.174. The van der Waals surface area contributed by atoms with Crippen molar-refractivity contribution >= 4 is 10.8 Å². The van der Waals surface area contributed by atoms with Crippen molar-refractivity contribution in [3.8, 4) is 22.5 Å². The zero-order valence-electron chi connectivity index (χ0n) is 14.3. The van der Waals surface area contributed by atoms with Gasteiger partial charge >= 0.3 is 0 Å². The summed E-state index contributed by atoms with van der Waals surface area (Å²) in [5.74, 6) is 1.92. The molecule has 1 aliphatic carbocycles. The van der Waals surface area contributed by atoms with Crippen LogP contribution in [0.3, 0.4) is 0 Å². The van der Waals surface area contributed by atoms with Gasteiger partial charge in [0, 0.05) is 26.2 Å². The van der Waals surface area contributed by atoms with E-state index in [9.17, 15) is 0 Å². The first-order valence-electron chi connectivity index (χ1n) is 8.67. The van der Waals surface area contributed by atoms with Crippen LogP contribution < -0.4 is 0 Å². The number of furan rings is 1. The monoisotopic (exact) mass is 401 g/mol. The van der Waals surface area contributed by atoms with Crippen molar-refractivity contribution in [3.05, 3.63) is 77.6 Å². The molecule has 122 valence electrons. The quantitative estimate of drug-likeness (QED) is 0.360. The number of hydrogen-bond acceptors (Lipinski definition) is 1. The zero-order valence-corrected chi connectivity index (χ0v) is 16.8. The van der Waals surface area contributed by atoms with Gasteiger partial charge in [0.15, 0.2) is 0 Å². The predicted molar refractivity (Wildman–Crippen MR) is 99.4 cm³/mol. The van der Waals surface area contributed by atoms with E-state index < -0.39 is 0 Å². The van der Waals surface area contributed by atoms with Crippen LogP contribution in [0.5, 0.6) is 0 Å². The summed E-state index contributed by atoms with van der Waals surface area (Å²) < 4.78 is 5.85. The summed E-state index contributed by atoms with van der Waals surface area (Å²) >= 11 is 0. The van der Waals surface area contributed by atoms with Crippen molar-refractivity contribution < 1.29 is 30.6 Å². The van der Waals surface area contributed by atoms with Crippen LogP contribution in [0.1, 0.15) is 23.3 Å². The van der Waals surface area contributed by atoms with Crippen LogP contribution in [0.4, 0.5) is 0 Å². The van der Waals surface area contributed by atoms with Crippen molar-refractivity contribution in [3.63, 3.8) is 0 Å². The maximum absolute atomic E-state index is 5.85. The SMILES string of the molecule is Cc1ccc(-c2cc3c(-c4ccccc4)c4c(cc3[cH-]2)CCC4)o1.[Zr]. The summed E-state index contributed by atoms with van der Waals surface area (Å²) in [5, 5.41) is 2.68. The maximum atomic E-state index is 5.85. The van der Waals surface area contributed by atoms with E-state index in [1.54, 1.807) is 5.56 Å². The van der Waals surface area contributed by atoms with Gasteiger partial charge in [-0.05, 0) is 49.4 Å². The Bertz CT molecular complexity index is 1040. The smallest absolute Gasteiger partial charge is 0.0896 e. The number of benzene rings is 2. The van der Waals surface area contributed by atoms with E-state index in [-0.39, 0.29) is 26.2 Å². The van der Waals surface area contributed by atoms with Gasteiger partial charge in [0.05, 0.1) is 11.5 Å². The van der Waals surface area contributed by atoms with Gasteiger partial charge in [0.1, 0.15) is 0 Å². The van der Waals surface area contributed by atoms with Crippen LogP contribution in [0.15, 0.2) is 65.1 Å². The van der Waals surface area contributed by atoms with E-state index in [2.05, 4.69) is 54.6 Å². The van der Waals surface area contributed by atoms with E-state index in [0.717, 1.165) is 11.5 Å². The third-order valence-corrected chi connectivity index (χ3v) is 5.17. The molecule has 0 spiro atoms. The molecule has 0 saturated carbocycles. The zero-order chi connectivity index (χ0) is 16.1. The first-order chi connectivity index (χ1) is 11.8. The third kappa shape index (κ3) is 2.77. The molecular formula is C23H19OZr-. The standard InChI is InChI=1S/C23H19O.Zr/c1-15-10-11-22(24-15)19-13-18-12-17-8-5-9-20(17)23(21(18)14-19)16-6-3-2-4-7-16;/h2-4,6-7,10-14H,5,8-9H2,1H3;/q-1;. The van der Waals surface area contributed by atoms with E-state index in [4.69, 9.17) is 4.42 Å². The van der Waals surface area contributed by atoms with Gasteiger partial charge in [-0.1, -0.05) is 47.0 Å². The van der Waals surface area contributed by atoms with Gasteiger partial charge in [0.25, 0.3) is 0 Å². The second kappa shape index (κ2) is 6.50. The second-order valence-corrected chi connectivity index (χ2v) is 6.77. The molecule has 0 amide bonds. The van der Waals surface area contributed by atoms with Gasteiger partial charge < -0.3 is 4.42 Å². The van der Waals surface area contributed by atoms with Crippen LogP contribution in [0.2, 0.25) is 0 Å². The minimum Gasteiger partial charge on any atom is -0.496 e. The number of fused-ring (bicyclic) bond motifs is 2. The molecule has 1 heterocycles. The molecule has 1 aromatic heterocycles. The molecule has 0 N–H and O–H groups in total. The van der Waals surface area contributed by atoms with Crippen molar-refractivity contribution in [2.45, 2.75) is 26.2 Å².